The van der Waals surface area contributed by atoms with E-state index < -0.39 is 0 Å². The third-order valence-corrected chi connectivity index (χ3v) is 5.88. The molecule has 0 amide bonds. The van der Waals surface area contributed by atoms with Crippen LogP contribution in [0.15, 0.2) is 18.2 Å². The lowest BCUT2D eigenvalue weighted by molar-refractivity contribution is 0.354. The van der Waals surface area contributed by atoms with Crippen LogP contribution in [-0.4, -0.2) is 36.7 Å². The maximum absolute atomic E-state index is 15.7. The molecule has 2 atom stereocenters. The van der Waals surface area contributed by atoms with Crippen LogP contribution in [0, 0.1) is 24.6 Å². The fourth-order valence-corrected chi connectivity index (χ4v) is 4.53. The lowest BCUT2D eigenvalue weighted by atomic mass is 9.96. The molecule has 5 rings (SSSR count). The summed E-state index contributed by atoms with van der Waals surface area (Å²) in [4.78, 5) is 8.80. The molecule has 1 saturated heterocycles. The molecule has 3 heterocycles. The maximum atomic E-state index is 15.7. The molecule has 0 bridgehead atoms. The number of allylic oxidation sites excluding steroid dienone is 1. The first-order valence-electron chi connectivity index (χ1n) is 9.83. The molecule has 6 nitrogen and oxygen atoms in total. The van der Waals surface area contributed by atoms with Gasteiger partial charge < -0.3 is 20.7 Å². The van der Waals surface area contributed by atoms with E-state index in [0.29, 0.717) is 47.2 Å². The van der Waals surface area contributed by atoms with Crippen molar-refractivity contribution in [1.82, 2.24) is 15.3 Å². The molecule has 0 spiro atoms. The van der Waals surface area contributed by atoms with Crippen LogP contribution in [0.5, 0.6) is 5.75 Å². The molecule has 146 valence electrons. The van der Waals surface area contributed by atoms with E-state index in [1.165, 1.54) is 0 Å². The van der Waals surface area contributed by atoms with Crippen molar-refractivity contribution < 1.29 is 9.13 Å². The van der Waals surface area contributed by atoms with Crippen LogP contribution in [0.3, 0.4) is 0 Å². The molecule has 2 unspecified atom stereocenters. The Kier molecular flexibility index (Phi) is 4.19. The van der Waals surface area contributed by atoms with Gasteiger partial charge in [0, 0.05) is 37.3 Å². The van der Waals surface area contributed by atoms with Gasteiger partial charge in [-0.25, -0.2) is 9.37 Å². The Bertz CT molecular complexity index is 974. The minimum absolute atomic E-state index is 0.282. The quantitative estimate of drug-likeness (QED) is 0.755. The molecule has 3 aliphatic rings. The van der Waals surface area contributed by atoms with Gasteiger partial charge in [0.05, 0.1) is 17.9 Å². The molecule has 1 aromatic carbocycles. The van der Waals surface area contributed by atoms with E-state index in [4.69, 9.17) is 4.74 Å². The van der Waals surface area contributed by atoms with Gasteiger partial charge >= 0.3 is 0 Å². The van der Waals surface area contributed by atoms with Crippen molar-refractivity contribution in [2.75, 3.05) is 37.4 Å². The molecule has 7 heteroatoms. The summed E-state index contributed by atoms with van der Waals surface area (Å²) in [6, 6.07) is 3.68. The smallest absolute Gasteiger partial charge is 0.229 e. The van der Waals surface area contributed by atoms with E-state index >= 15 is 4.39 Å². The monoisotopic (exact) mass is 381 g/mol. The third kappa shape index (κ3) is 2.90. The van der Waals surface area contributed by atoms with Crippen LogP contribution in [0.1, 0.15) is 23.2 Å². The van der Waals surface area contributed by atoms with E-state index in [9.17, 15) is 0 Å². The molecule has 3 N–H and O–H groups in total. The number of nitrogens with zero attached hydrogens (tertiary/aromatic N) is 2. The highest BCUT2D eigenvalue weighted by Crippen LogP contribution is 2.46. The zero-order valence-corrected chi connectivity index (χ0v) is 16.1. The van der Waals surface area contributed by atoms with Crippen LogP contribution in [-0.2, 0) is 6.42 Å². The second kappa shape index (κ2) is 6.74. The van der Waals surface area contributed by atoms with E-state index in [-0.39, 0.29) is 5.82 Å². The molecule has 1 fully saturated rings. The molecule has 28 heavy (non-hydrogen) atoms. The van der Waals surface area contributed by atoms with Crippen molar-refractivity contribution in [3.63, 3.8) is 0 Å². The van der Waals surface area contributed by atoms with Crippen molar-refractivity contribution in [3.05, 3.63) is 40.8 Å². The fourth-order valence-electron chi connectivity index (χ4n) is 4.53. The average Bonchev–Trinajstić information content (AvgIpc) is 3.37. The van der Waals surface area contributed by atoms with Gasteiger partial charge in [-0.3, -0.25) is 0 Å². The number of nitrogens with one attached hydrogen (secondary N) is 3. The topological polar surface area (TPSA) is 71.1 Å². The normalized spacial score (nSPS) is 22.5. The maximum Gasteiger partial charge on any atom is 0.229 e. The molecule has 1 aliphatic carbocycles. The van der Waals surface area contributed by atoms with E-state index in [2.05, 4.69) is 32.0 Å². The van der Waals surface area contributed by atoms with Crippen LogP contribution in [0.4, 0.5) is 21.8 Å². The van der Waals surface area contributed by atoms with Gasteiger partial charge in [-0.05, 0) is 43.4 Å². The van der Waals surface area contributed by atoms with Crippen molar-refractivity contribution in [3.8, 4) is 5.75 Å². The second-order valence-electron chi connectivity index (χ2n) is 7.77. The van der Waals surface area contributed by atoms with Gasteiger partial charge in [-0.15, -0.1) is 0 Å². The van der Waals surface area contributed by atoms with Gasteiger partial charge in [0.1, 0.15) is 11.6 Å². The van der Waals surface area contributed by atoms with Gasteiger partial charge in [0.15, 0.2) is 5.82 Å². The molecular weight excluding hydrogens is 357 g/mol. The van der Waals surface area contributed by atoms with Gasteiger partial charge in [0.2, 0.25) is 5.95 Å². The summed E-state index contributed by atoms with van der Waals surface area (Å²) in [5.74, 6) is 2.55. The zero-order valence-electron chi connectivity index (χ0n) is 16.1. The van der Waals surface area contributed by atoms with Crippen molar-refractivity contribution >= 4 is 23.0 Å². The Morgan fingerprint density at radius 3 is 2.96 bits per heavy atom. The van der Waals surface area contributed by atoms with Gasteiger partial charge in [0.25, 0.3) is 0 Å². The Hall–Kier alpha value is -2.67. The van der Waals surface area contributed by atoms with Gasteiger partial charge in [-0.2, -0.15) is 4.98 Å². The minimum atomic E-state index is -0.282. The molecular formula is C21H24FN5O. The number of ether oxygens (including phenoxy) is 1. The van der Waals surface area contributed by atoms with Crippen LogP contribution < -0.4 is 20.7 Å². The highest BCUT2D eigenvalue weighted by molar-refractivity contribution is 5.79. The number of halogens is 1. The molecule has 2 aromatic rings. The largest absolute Gasteiger partial charge is 0.492 e. The first-order valence-corrected chi connectivity index (χ1v) is 9.83. The highest BCUT2D eigenvalue weighted by Gasteiger charge is 2.35. The van der Waals surface area contributed by atoms with Crippen molar-refractivity contribution in [2.24, 2.45) is 11.8 Å². The number of aryl methyl sites for hydroxylation is 1. The van der Waals surface area contributed by atoms with Crippen molar-refractivity contribution in [1.29, 1.82) is 0 Å². The van der Waals surface area contributed by atoms with E-state index in [1.807, 2.05) is 19.1 Å². The molecule has 1 aromatic heterocycles. The lowest BCUT2D eigenvalue weighted by Gasteiger charge is -2.16. The number of rotatable bonds is 4. The third-order valence-electron chi connectivity index (χ3n) is 5.88. The summed E-state index contributed by atoms with van der Waals surface area (Å²) < 4.78 is 21.5. The second-order valence-corrected chi connectivity index (χ2v) is 7.77. The summed E-state index contributed by atoms with van der Waals surface area (Å²) in [7, 11) is 1.80. The molecule has 0 radical (unpaired) electrons. The lowest BCUT2D eigenvalue weighted by Crippen LogP contribution is -2.10. The summed E-state index contributed by atoms with van der Waals surface area (Å²) in [5, 5.41) is 9.53. The van der Waals surface area contributed by atoms with Crippen LogP contribution in [0.2, 0.25) is 0 Å². The number of hydrogen-bond donors (Lipinski definition) is 3. The Morgan fingerprint density at radius 2 is 2.14 bits per heavy atom. The zero-order chi connectivity index (χ0) is 19.3. The number of fused-ring (bicyclic) bond motifs is 2. The van der Waals surface area contributed by atoms with Crippen LogP contribution >= 0.6 is 0 Å². The predicted octanol–water partition coefficient (Wildman–Crippen LogP) is 3.27. The number of anilines is 3. The molecule has 0 saturated carbocycles. The van der Waals surface area contributed by atoms with Crippen molar-refractivity contribution in [2.45, 2.75) is 19.8 Å². The highest BCUT2D eigenvalue weighted by atomic mass is 19.1. The Morgan fingerprint density at radius 1 is 1.25 bits per heavy atom. The minimum Gasteiger partial charge on any atom is -0.492 e. The Balaban J connectivity index is 1.56. The SMILES string of the molecule is CNc1cc(C)nc(Nc2cc3c(c(C4=CC5CNCC5C4)c2F)OCC3)n1. The standard InChI is InChI=1S/C21H24FN5O/c1-11-5-17(23-2)27-21(25-11)26-16-8-12-3-4-28-20(12)18(19(16)22)13-6-14-9-24-10-15(14)7-13/h5-6,8,14-15,24H,3-4,7,9-10H2,1-2H3,(H2,23,25,26,27). The molecule has 2 aliphatic heterocycles. The summed E-state index contributed by atoms with van der Waals surface area (Å²) in [6.07, 6.45) is 3.91. The number of benzene rings is 1. The van der Waals surface area contributed by atoms with E-state index in [0.717, 1.165) is 42.8 Å². The average molecular weight is 381 g/mol. The van der Waals surface area contributed by atoms with Crippen LogP contribution in [0.25, 0.3) is 5.57 Å². The summed E-state index contributed by atoms with van der Waals surface area (Å²) in [6.45, 7) is 4.46. The summed E-state index contributed by atoms with van der Waals surface area (Å²) >= 11 is 0. The first kappa shape index (κ1) is 17.4. The fraction of sp³-hybridized carbons (Fsp3) is 0.429. The number of aromatic nitrogens is 2. The number of hydrogen-bond acceptors (Lipinski definition) is 6. The first-order chi connectivity index (χ1) is 13.6. The Labute approximate surface area is 163 Å². The predicted molar refractivity (Wildman–Crippen MR) is 108 cm³/mol. The summed E-state index contributed by atoms with van der Waals surface area (Å²) in [5.41, 5.74) is 3.94. The van der Waals surface area contributed by atoms with Gasteiger partial charge in [-0.1, -0.05) is 6.08 Å². The van der Waals surface area contributed by atoms with E-state index in [1.54, 1.807) is 7.05 Å².